The second-order valence-electron chi connectivity index (χ2n) is 8.05. The lowest BCUT2D eigenvalue weighted by Crippen LogP contribution is -2.45. The highest BCUT2D eigenvalue weighted by molar-refractivity contribution is 5.68. The quantitative estimate of drug-likeness (QED) is 0.826. The van der Waals surface area contributed by atoms with Gasteiger partial charge in [-0.1, -0.05) is 12.1 Å². The molecule has 0 radical (unpaired) electrons. The monoisotopic (exact) mass is 337 g/mol. The summed E-state index contributed by atoms with van der Waals surface area (Å²) < 4.78 is 16.4. The van der Waals surface area contributed by atoms with Crippen LogP contribution in [0.3, 0.4) is 0 Å². The topological polar surface area (TPSA) is 77.7 Å². The molecule has 7 heteroatoms. The van der Waals surface area contributed by atoms with E-state index in [0.717, 1.165) is 31.7 Å². The molecule has 2 aliphatic rings. The van der Waals surface area contributed by atoms with Crippen LogP contribution in [-0.4, -0.2) is 53.0 Å². The molecule has 0 bridgehead atoms. The van der Waals surface area contributed by atoms with Gasteiger partial charge in [0.05, 0.1) is 12.0 Å². The number of carbonyl (C=O) groups is 1. The van der Waals surface area contributed by atoms with E-state index in [-0.39, 0.29) is 17.4 Å². The highest BCUT2D eigenvalue weighted by atomic mass is 16.6. The van der Waals surface area contributed by atoms with Crippen molar-refractivity contribution in [3.63, 3.8) is 0 Å². The number of rotatable bonds is 2. The van der Waals surface area contributed by atoms with Crippen LogP contribution in [0.15, 0.2) is 4.52 Å². The van der Waals surface area contributed by atoms with Gasteiger partial charge in [-0.25, -0.2) is 4.79 Å². The molecular weight excluding hydrogens is 310 g/mol. The van der Waals surface area contributed by atoms with Crippen LogP contribution in [0.5, 0.6) is 0 Å². The maximum Gasteiger partial charge on any atom is 0.410 e. The molecule has 0 aliphatic carbocycles. The number of hydrogen-bond acceptors (Lipinski definition) is 6. The SMILES string of the molecule is CC(C)(C)OC(=O)N1CCC(C)(c2nc([C@H]3CCOC3)no2)CC1. The number of ether oxygens (including phenoxy) is 2. The van der Waals surface area contributed by atoms with E-state index in [4.69, 9.17) is 14.0 Å². The summed E-state index contributed by atoms with van der Waals surface area (Å²) in [5, 5.41) is 4.15. The van der Waals surface area contributed by atoms with Gasteiger partial charge in [0, 0.05) is 25.6 Å². The molecule has 2 saturated heterocycles. The van der Waals surface area contributed by atoms with Crippen LogP contribution in [0.1, 0.15) is 64.6 Å². The molecular formula is C17H27N3O4. The Hall–Kier alpha value is -1.63. The van der Waals surface area contributed by atoms with Crippen molar-refractivity contribution in [2.24, 2.45) is 0 Å². The normalized spacial score (nSPS) is 24.2. The number of aromatic nitrogens is 2. The van der Waals surface area contributed by atoms with Gasteiger partial charge in [-0.3, -0.25) is 0 Å². The van der Waals surface area contributed by atoms with Crippen molar-refractivity contribution in [1.82, 2.24) is 15.0 Å². The second kappa shape index (κ2) is 6.35. The molecule has 7 nitrogen and oxygen atoms in total. The van der Waals surface area contributed by atoms with Gasteiger partial charge in [-0.05, 0) is 40.0 Å². The summed E-state index contributed by atoms with van der Waals surface area (Å²) in [6.07, 6.45) is 2.27. The van der Waals surface area contributed by atoms with Gasteiger partial charge in [0.2, 0.25) is 5.89 Å². The third kappa shape index (κ3) is 3.71. The standard InChI is InChI=1S/C17H27N3O4/c1-16(2,3)23-15(21)20-8-6-17(4,7-9-20)14-18-13(19-24-14)12-5-10-22-11-12/h12H,5-11H2,1-4H3/t12-/m0/s1. The van der Waals surface area contributed by atoms with E-state index in [1.165, 1.54) is 0 Å². The fraction of sp³-hybridized carbons (Fsp3) is 0.824. The Labute approximate surface area is 142 Å². The van der Waals surface area contributed by atoms with Gasteiger partial charge in [-0.15, -0.1) is 0 Å². The third-order valence-corrected chi connectivity index (χ3v) is 4.77. The van der Waals surface area contributed by atoms with Gasteiger partial charge in [-0.2, -0.15) is 4.98 Å². The Morgan fingerprint density at radius 1 is 1.33 bits per heavy atom. The van der Waals surface area contributed by atoms with Crippen LogP contribution in [0.4, 0.5) is 4.79 Å². The Morgan fingerprint density at radius 2 is 2.04 bits per heavy atom. The van der Waals surface area contributed by atoms with Crippen molar-refractivity contribution in [3.8, 4) is 0 Å². The Morgan fingerprint density at radius 3 is 2.62 bits per heavy atom. The molecule has 0 saturated carbocycles. The first-order valence-electron chi connectivity index (χ1n) is 8.67. The molecule has 3 heterocycles. The van der Waals surface area contributed by atoms with Crippen LogP contribution < -0.4 is 0 Å². The Balaban J connectivity index is 1.61. The van der Waals surface area contributed by atoms with E-state index in [2.05, 4.69) is 17.1 Å². The molecule has 1 aromatic heterocycles. The number of nitrogens with zero attached hydrogens (tertiary/aromatic N) is 3. The number of carbonyl (C=O) groups excluding carboxylic acids is 1. The van der Waals surface area contributed by atoms with Crippen LogP contribution >= 0.6 is 0 Å². The molecule has 0 unspecified atom stereocenters. The zero-order chi connectivity index (χ0) is 17.4. The first kappa shape index (κ1) is 17.2. The van der Waals surface area contributed by atoms with Crippen LogP contribution in [0, 0.1) is 0 Å². The lowest BCUT2D eigenvalue weighted by Gasteiger charge is -2.37. The van der Waals surface area contributed by atoms with E-state index in [1.54, 1.807) is 4.90 Å². The maximum atomic E-state index is 12.2. The zero-order valence-electron chi connectivity index (χ0n) is 15.0. The molecule has 2 aliphatic heterocycles. The van der Waals surface area contributed by atoms with Crippen LogP contribution in [0.25, 0.3) is 0 Å². The summed E-state index contributed by atoms with van der Waals surface area (Å²) in [4.78, 5) is 18.6. The smallest absolute Gasteiger partial charge is 0.410 e. The summed E-state index contributed by atoms with van der Waals surface area (Å²) in [5.74, 6) is 1.67. The zero-order valence-corrected chi connectivity index (χ0v) is 15.0. The van der Waals surface area contributed by atoms with Crippen molar-refractivity contribution < 1.29 is 18.8 Å². The van der Waals surface area contributed by atoms with E-state index < -0.39 is 5.60 Å². The van der Waals surface area contributed by atoms with Crippen LogP contribution in [-0.2, 0) is 14.9 Å². The van der Waals surface area contributed by atoms with E-state index in [9.17, 15) is 4.79 Å². The molecule has 3 rings (SSSR count). The van der Waals surface area contributed by atoms with Crippen molar-refractivity contribution in [3.05, 3.63) is 11.7 Å². The molecule has 1 atom stereocenters. The Kier molecular flexibility index (Phi) is 4.55. The van der Waals surface area contributed by atoms with Gasteiger partial charge in [0.25, 0.3) is 0 Å². The lowest BCUT2D eigenvalue weighted by molar-refractivity contribution is 0.0156. The van der Waals surface area contributed by atoms with Gasteiger partial charge in [0.15, 0.2) is 5.82 Å². The number of piperidine rings is 1. The van der Waals surface area contributed by atoms with Gasteiger partial charge < -0.3 is 18.9 Å². The minimum Gasteiger partial charge on any atom is -0.444 e. The van der Waals surface area contributed by atoms with Crippen molar-refractivity contribution >= 4 is 6.09 Å². The van der Waals surface area contributed by atoms with Crippen LogP contribution in [0.2, 0.25) is 0 Å². The molecule has 0 aromatic carbocycles. The van der Waals surface area contributed by atoms with Crippen molar-refractivity contribution in [2.75, 3.05) is 26.3 Å². The fourth-order valence-corrected chi connectivity index (χ4v) is 3.11. The van der Waals surface area contributed by atoms with Gasteiger partial charge in [0.1, 0.15) is 5.60 Å². The number of hydrogen-bond donors (Lipinski definition) is 0. The minimum absolute atomic E-state index is 0.191. The summed E-state index contributed by atoms with van der Waals surface area (Å²) in [5.41, 5.74) is -0.661. The number of amides is 1. The largest absolute Gasteiger partial charge is 0.444 e. The van der Waals surface area contributed by atoms with Crippen molar-refractivity contribution in [1.29, 1.82) is 0 Å². The first-order valence-corrected chi connectivity index (χ1v) is 8.67. The first-order chi connectivity index (χ1) is 11.3. The molecule has 24 heavy (non-hydrogen) atoms. The average Bonchev–Trinajstić information content (AvgIpc) is 3.17. The van der Waals surface area contributed by atoms with E-state index in [1.807, 2.05) is 20.8 Å². The van der Waals surface area contributed by atoms with Crippen molar-refractivity contribution in [2.45, 2.75) is 63.9 Å². The average molecular weight is 337 g/mol. The summed E-state index contributed by atoms with van der Waals surface area (Å²) in [7, 11) is 0. The van der Waals surface area contributed by atoms with E-state index >= 15 is 0 Å². The van der Waals surface area contributed by atoms with Gasteiger partial charge >= 0.3 is 6.09 Å². The summed E-state index contributed by atoms with van der Waals surface area (Å²) in [6.45, 7) is 10.5. The fourth-order valence-electron chi connectivity index (χ4n) is 3.11. The highest BCUT2D eigenvalue weighted by Gasteiger charge is 2.39. The number of likely N-dealkylation sites (tertiary alicyclic amines) is 1. The predicted molar refractivity (Wildman–Crippen MR) is 86.9 cm³/mol. The summed E-state index contributed by atoms with van der Waals surface area (Å²) in [6, 6.07) is 0. The molecule has 0 spiro atoms. The molecule has 1 aromatic rings. The minimum atomic E-state index is -0.470. The second-order valence-corrected chi connectivity index (χ2v) is 8.05. The third-order valence-electron chi connectivity index (χ3n) is 4.77. The maximum absolute atomic E-state index is 12.2. The van der Waals surface area contributed by atoms with E-state index in [0.29, 0.717) is 25.6 Å². The summed E-state index contributed by atoms with van der Waals surface area (Å²) >= 11 is 0. The lowest BCUT2D eigenvalue weighted by atomic mass is 9.80. The molecule has 2 fully saturated rings. The molecule has 134 valence electrons. The predicted octanol–water partition coefficient (Wildman–Crippen LogP) is 2.86. The highest BCUT2D eigenvalue weighted by Crippen LogP contribution is 2.35. The molecule has 1 amide bonds. The Bertz CT molecular complexity index is 579. The molecule has 0 N–H and O–H groups in total.